The van der Waals surface area contributed by atoms with Crippen LogP contribution in [0.25, 0.3) is 27.6 Å². The normalized spacial score (nSPS) is 14.8. The topological polar surface area (TPSA) is 55.5 Å². The number of thiazole rings is 1. The van der Waals surface area contributed by atoms with Crippen LogP contribution in [-0.2, 0) is 4.74 Å². The molecule has 1 saturated heterocycles. The summed E-state index contributed by atoms with van der Waals surface area (Å²) in [5.41, 5.74) is 3.92. The van der Waals surface area contributed by atoms with Crippen LogP contribution in [-0.4, -0.2) is 45.7 Å². The lowest BCUT2D eigenvalue weighted by Crippen LogP contribution is -2.37. The molecule has 0 aliphatic carbocycles. The fourth-order valence-electron chi connectivity index (χ4n) is 3.22. The number of benzene rings is 1. The minimum atomic E-state index is 0.713. The average Bonchev–Trinajstić information content (AvgIpc) is 3.30. The van der Waals surface area contributed by atoms with Crippen molar-refractivity contribution in [2.45, 2.75) is 0 Å². The van der Waals surface area contributed by atoms with Crippen LogP contribution in [0.1, 0.15) is 0 Å². The summed E-state index contributed by atoms with van der Waals surface area (Å²) in [6.45, 7) is 3.05. The predicted octanol–water partition coefficient (Wildman–Crippen LogP) is 3.36. The molecule has 1 aromatic carbocycles. The van der Waals surface area contributed by atoms with Gasteiger partial charge in [-0.15, -0.1) is 11.3 Å². The van der Waals surface area contributed by atoms with Crippen LogP contribution in [0, 0.1) is 0 Å². The molecule has 5 rings (SSSR count). The number of nitrogens with zero attached hydrogens (tertiary/aromatic N) is 5. The first kappa shape index (κ1) is 15.5. The first-order valence-electron chi connectivity index (χ1n) is 8.57. The molecule has 0 saturated carbocycles. The summed E-state index contributed by atoms with van der Waals surface area (Å²) in [7, 11) is 0. The van der Waals surface area contributed by atoms with Crippen molar-refractivity contribution in [3.63, 3.8) is 0 Å². The zero-order valence-electron chi connectivity index (χ0n) is 14.1. The Bertz CT molecular complexity index is 1040. The minimum Gasteiger partial charge on any atom is -0.378 e. The third kappa shape index (κ3) is 2.65. The molecule has 0 spiro atoms. The van der Waals surface area contributed by atoms with Gasteiger partial charge in [-0.1, -0.05) is 30.3 Å². The number of hydrogen-bond acceptors (Lipinski definition) is 6. The van der Waals surface area contributed by atoms with Gasteiger partial charge in [0.25, 0.3) is 0 Å². The zero-order valence-corrected chi connectivity index (χ0v) is 14.9. The highest BCUT2D eigenvalue weighted by Gasteiger charge is 2.20. The van der Waals surface area contributed by atoms with Gasteiger partial charge < -0.3 is 9.64 Å². The van der Waals surface area contributed by atoms with Gasteiger partial charge in [0.15, 0.2) is 4.96 Å². The number of aromatic nitrogens is 4. The van der Waals surface area contributed by atoms with Gasteiger partial charge in [0, 0.05) is 36.4 Å². The van der Waals surface area contributed by atoms with Crippen molar-refractivity contribution in [1.29, 1.82) is 0 Å². The fourth-order valence-corrected chi connectivity index (χ4v) is 3.94. The van der Waals surface area contributed by atoms with E-state index < -0.39 is 0 Å². The van der Waals surface area contributed by atoms with Crippen LogP contribution in [0.3, 0.4) is 0 Å². The van der Waals surface area contributed by atoms with E-state index in [1.807, 2.05) is 42.0 Å². The van der Waals surface area contributed by atoms with E-state index in [1.54, 1.807) is 11.3 Å². The number of rotatable bonds is 3. The van der Waals surface area contributed by atoms with Crippen LogP contribution in [0.15, 0.2) is 54.2 Å². The number of imidazole rings is 1. The van der Waals surface area contributed by atoms with Crippen LogP contribution in [0.2, 0.25) is 0 Å². The molecule has 0 amide bonds. The molecule has 1 aliphatic rings. The Morgan fingerprint density at radius 1 is 1.00 bits per heavy atom. The predicted molar refractivity (Wildman–Crippen MR) is 103 cm³/mol. The van der Waals surface area contributed by atoms with E-state index in [1.165, 1.54) is 0 Å². The Hall–Kier alpha value is -2.77. The third-order valence-electron chi connectivity index (χ3n) is 4.49. The Morgan fingerprint density at radius 3 is 2.69 bits per heavy atom. The highest BCUT2D eigenvalue weighted by atomic mass is 32.1. The number of morpholine rings is 1. The number of fused-ring (bicyclic) bond motifs is 1. The Labute approximate surface area is 154 Å². The maximum Gasteiger partial charge on any atom is 0.226 e. The van der Waals surface area contributed by atoms with Crippen molar-refractivity contribution < 1.29 is 4.74 Å². The van der Waals surface area contributed by atoms with Gasteiger partial charge in [-0.2, -0.15) is 0 Å². The molecule has 3 aromatic heterocycles. The van der Waals surface area contributed by atoms with Crippen molar-refractivity contribution in [2.24, 2.45) is 0 Å². The van der Waals surface area contributed by atoms with Crippen LogP contribution < -0.4 is 4.90 Å². The molecule has 0 atom stereocenters. The van der Waals surface area contributed by atoms with Gasteiger partial charge in [-0.3, -0.25) is 4.40 Å². The molecule has 0 bridgehead atoms. The van der Waals surface area contributed by atoms with E-state index >= 15 is 0 Å². The second-order valence-corrected chi connectivity index (χ2v) is 6.94. The van der Waals surface area contributed by atoms with Crippen LogP contribution in [0.4, 0.5) is 5.95 Å². The molecule has 4 aromatic rings. The van der Waals surface area contributed by atoms with E-state index in [9.17, 15) is 0 Å². The molecule has 26 heavy (non-hydrogen) atoms. The molecule has 1 fully saturated rings. The Kier molecular flexibility index (Phi) is 3.88. The summed E-state index contributed by atoms with van der Waals surface area (Å²) in [6, 6.07) is 12.2. The number of ether oxygens (including phenoxy) is 1. The molecule has 0 unspecified atom stereocenters. The fraction of sp³-hybridized carbons (Fsp3) is 0.211. The van der Waals surface area contributed by atoms with Gasteiger partial charge >= 0.3 is 0 Å². The molecule has 7 heteroatoms. The number of anilines is 1. The molecule has 0 radical (unpaired) electrons. The Balaban J connectivity index is 1.66. The smallest absolute Gasteiger partial charge is 0.226 e. The highest BCUT2D eigenvalue weighted by Crippen LogP contribution is 2.33. The van der Waals surface area contributed by atoms with Gasteiger partial charge in [0.2, 0.25) is 5.95 Å². The van der Waals surface area contributed by atoms with Gasteiger partial charge in [-0.05, 0) is 6.07 Å². The quantitative estimate of drug-likeness (QED) is 0.559. The van der Waals surface area contributed by atoms with E-state index in [4.69, 9.17) is 14.7 Å². The summed E-state index contributed by atoms with van der Waals surface area (Å²) in [5.74, 6) is 0.745. The molecule has 4 heterocycles. The second-order valence-electron chi connectivity index (χ2n) is 6.07. The van der Waals surface area contributed by atoms with E-state index in [-0.39, 0.29) is 0 Å². The highest BCUT2D eigenvalue weighted by molar-refractivity contribution is 7.15. The van der Waals surface area contributed by atoms with Crippen molar-refractivity contribution >= 4 is 22.2 Å². The third-order valence-corrected chi connectivity index (χ3v) is 5.25. The summed E-state index contributed by atoms with van der Waals surface area (Å²) < 4.78 is 7.55. The molecule has 130 valence electrons. The average molecular weight is 363 g/mol. The van der Waals surface area contributed by atoms with E-state index in [0.717, 1.165) is 46.6 Å². The lowest BCUT2D eigenvalue weighted by molar-refractivity contribution is 0.122. The maximum atomic E-state index is 5.44. The maximum absolute atomic E-state index is 5.44. The van der Waals surface area contributed by atoms with Crippen LogP contribution in [0.5, 0.6) is 0 Å². The lowest BCUT2D eigenvalue weighted by atomic mass is 10.1. The minimum absolute atomic E-state index is 0.713. The SMILES string of the molecule is c1ccc(-c2nc3sccn3c2-c2ccnc(N3CCOCC3)n2)cc1. The van der Waals surface area contributed by atoms with Gasteiger partial charge in [0.1, 0.15) is 5.69 Å². The van der Waals surface area contributed by atoms with Crippen molar-refractivity contribution in [3.8, 4) is 22.6 Å². The summed E-state index contributed by atoms with van der Waals surface area (Å²) in [6.07, 6.45) is 3.87. The summed E-state index contributed by atoms with van der Waals surface area (Å²) in [4.78, 5) is 17.3. The first-order valence-corrected chi connectivity index (χ1v) is 9.45. The standard InChI is InChI=1S/C19H17N5OS/c1-2-4-14(5-3-1)16-17(24-10-13-26-19(24)22-16)15-6-7-20-18(21-15)23-8-11-25-12-9-23/h1-7,10,13H,8-9,11-12H2. The van der Waals surface area contributed by atoms with Crippen LogP contribution >= 0.6 is 11.3 Å². The van der Waals surface area contributed by atoms with Crippen molar-refractivity contribution in [3.05, 3.63) is 54.2 Å². The molecular weight excluding hydrogens is 346 g/mol. The van der Waals surface area contributed by atoms with E-state index in [2.05, 4.69) is 26.4 Å². The molecule has 0 N–H and O–H groups in total. The number of hydrogen-bond donors (Lipinski definition) is 0. The molecule has 1 aliphatic heterocycles. The first-order chi connectivity index (χ1) is 12.9. The van der Waals surface area contributed by atoms with Crippen molar-refractivity contribution in [1.82, 2.24) is 19.4 Å². The Morgan fingerprint density at radius 2 is 1.85 bits per heavy atom. The van der Waals surface area contributed by atoms with Crippen molar-refractivity contribution in [2.75, 3.05) is 31.2 Å². The molecule has 6 nitrogen and oxygen atoms in total. The molecular formula is C19H17N5OS. The van der Waals surface area contributed by atoms with Gasteiger partial charge in [-0.25, -0.2) is 15.0 Å². The lowest BCUT2D eigenvalue weighted by Gasteiger charge is -2.26. The zero-order chi connectivity index (χ0) is 17.3. The monoisotopic (exact) mass is 363 g/mol. The van der Waals surface area contributed by atoms with Gasteiger partial charge in [0.05, 0.1) is 24.6 Å². The summed E-state index contributed by atoms with van der Waals surface area (Å²) >= 11 is 1.63. The van der Waals surface area contributed by atoms with E-state index in [0.29, 0.717) is 13.2 Å². The summed E-state index contributed by atoms with van der Waals surface area (Å²) in [5, 5.41) is 2.05. The second kappa shape index (κ2) is 6.51. The largest absolute Gasteiger partial charge is 0.378 e.